The van der Waals surface area contributed by atoms with Crippen molar-refractivity contribution in [3.8, 4) is 0 Å². The van der Waals surface area contributed by atoms with E-state index in [4.69, 9.17) is 14.2 Å². The average Bonchev–Trinajstić information content (AvgIpc) is 2.25. The van der Waals surface area contributed by atoms with E-state index in [1.807, 2.05) is 0 Å². The fraction of sp³-hybridized carbons (Fsp3) is 1.00. The van der Waals surface area contributed by atoms with Crippen LogP contribution in [0.25, 0.3) is 0 Å². The third-order valence-electron chi connectivity index (χ3n) is 1.95. The van der Waals surface area contributed by atoms with Crippen LogP contribution in [0.4, 0.5) is 0 Å². The SMILES string of the molecule is CCNCC(C)OCCCOCCOC. The first-order valence-electron chi connectivity index (χ1n) is 5.70. The lowest BCUT2D eigenvalue weighted by atomic mass is 10.4. The number of nitrogens with one attached hydrogen (secondary N) is 1. The first kappa shape index (κ1) is 14.8. The Balaban J connectivity index is 3.02. The molecule has 0 aliphatic heterocycles. The summed E-state index contributed by atoms with van der Waals surface area (Å²) in [6, 6.07) is 0. The molecule has 4 nitrogen and oxygen atoms in total. The zero-order valence-electron chi connectivity index (χ0n) is 10.3. The Morgan fingerprint density at radius 1 is 1.13 bits per heavy atom. The summed E-state index contributed by atoms with van der Waals surface area (Å²) in [5.74, 6) is 0. The van der Waals surface area contributed by atoms with E-state index in [2.05, 4.69) is 19.2 Å². The Kier molecular flexibility index (Phi) is 11.8. The smallest absolute Gasteiger partial charge is 0.0700 e. The minimum absolute atomic E-state index is 0.281. The predicted molar refractivity (Wildman–Crippen MR) is 61.3 cm³/mol. The first-order valence-corrected chi connectivity index (χ1v) is 5.70. The lowest BCUT2D eigenvalue weighted by molar-refractivity contribution is 0.0306. The maximum atomic E-state index is 5.58. The minimum Gasteiger partial charge on any atom is -0.382 e. The van der Waals surface area contributed by atoms with Gasteiger partial charge < -0.3 is 19.5 Å². The monoisotopic (exact) mass is 219 g/mol. The van der Waals surface area contributed by atoms with Crippen LogP contribution in [0.15, 0.2) is 0 Å². The molecule has 0 saturated carbocycles. The lowest BCUT2D eigenvalue weighted by Crippen LogP contribution is -2.27. The Bertz CT molecular complexity index is 122. The van der Waals surface area contributed by atoms with Gasteiger partial charge >= 0.3 is 0 Å². The van der Waals surface area contributed by atoms with Crippen LogP contribution in [0, 0.1) is 0 Å². The van der Waals surface area contributed by atoms with Gasteiger partial charge in [0.2, 0.25) is 0 Å². The Hall–Kier alpha value is -0.160. The average molecular weight is 219 g/mol. The Morgan fingerprint density at radius 3 is 2.60 bits per heavy atom. The summed E-state index contributed by atoms with van der Waals surface area (Å²) in [5.41, 5.74) is 0. The number of hydrogen-bond donors (Lipinski definition) is 1. The van der Waals surface area contributed by atoms with Crippen molar-refractivity contribution in [1.82, 2.24) is 5.32 Å². The molecule has 0 aliphatic rings. The highest BCUT2D eigenvalue weighted by Crippen LogP contribution is 1.92. The van der Waals surface area contributed by atoms with E-state index in [1.165, 1.54) is 0 Å². The van der Waals surface area contributed by atoms with Gasteiger partial charge in [-0.3, -0.25) is 0 Å². The van der Waals surface area contributed by atoms with Crippen molar-refractivity contribution in [2.45, 2.75) is 26.4 Å². The summed E-state index contributed by atoms with van der Waals surface area (Å²) in [4.78, 5) is 0. The second-order valence-corrected chi connectivity index (χ2v) is 3.45. The molecule has 0 rings (SSSR count). The highest BCUT2D eigenvalue weighted by atomic mass is 16.5. The molecular formula is C11H25NO3. The minimum atomic E-state index is 0.281. The predicted octanol–water partition coefficient (Wildman–Crippen LogP) is 1.05. The molecule has 0 spiro atoms. The molecule has 15 heavy (non-hydrogen) atoms. The molecule has 0 amide bonds. The Morgan fingerprint density at radius 2 is 1.93 bits per heavy atom. The fourth-order valence-electron chi connectivity index (χ4n) is 1.10. The molecule has 0 aromatic rings. The van der Waals surface area contributed by atoms with Gasteiger partial charge in [0.15, 0.2) is 0 Å². The topological polar surface area (TPSA) is 39.7 Å². The number of hydrogen-bond acceptors (Lipinski definition) is 4. The number of likely N-dealkylation sites (N-methyl/N-ethyl adjacent to an activating group) is 1. The molecule has 1 N–H and O–H groups in total. The van der Waals surface area contributed by atoms with Crippen molar-refractivity contribution >= 4 is 0 Å². The summed E-state index contributed by atoms with van der Waals surface area (Å²) in [6.45, 7) is 8.93. The van der Waals surface area contributed by atoms with E-state index in [1.54, 1.807) is 7.11 Å². The maximum Gasteiger partial charge on any atom is 0.0700 e. The molecule has 92 valence electrons. The van der Waals surface area contributed by atoms with E-state index >= 15 is 0 Å². The van der Waals surface area contributed by atoms with E-state index in [9.17, 15) is 0 Å². The summed E-state index contributed by atoms with van der Waals surface area (Å²) < 4.78 is 15.8. The third kappa shape index (κ3) is 11.8. The first-order chi connectivity index (χ1) is 7.31. The van der Waals surface area contributed by atoms with Crippen molar-refractivity contribution in [2.24, 2.45) is 0 Å². The van der Waals surface area contributed by atoms with Crippen LogP contribution >= 0.6 is 0 Å². The number of ether oxygens (including phenoxy) is 3. The second-order valence-electron chi connectivity index (χ2n) is 3.45. The van der Waals surface area contributed by atoms with Gasteiger partial charge in [-0.2, -0.15) is 0 Å². The lowest BCUT2D eigenvalue weighted by Gasteiger charge is -2.13. The van der Waals surface area contributed by atoms with Gasteiger partial charge in [-0.05, 0) is 19.9 Å². The highest BCUT2D eigenvalue weighted by Gasteiger charge is 1.99. The van der Waals surface area contributed by atoms with E-state index in [-0.39, 0.29) is 6.10 Å². The van der Waals surface area contributed by atoms with Gasteiger partial charge in [0.25, 0.3) is 0 Å². The maximum absolute atomic E-state index is 5.58. The highest BCUT2D eigenvalue weighted by molar-refractivity contribution is 4.53. The van der Waals surface area contributed by atoms with Crippen molar-refractivity contribution in [3.05, 3.63) is 0 Å². The van der Waals surface area contributed by atoms with Crippen LogP contribution in [0.1, 0.15) is 20.3 Å². The molecule has 0 radical (unpaired) electrons. The third-order valence-corrected chi connectivity index (χ3v) is 1.95. The van der Waals surface area contributed by atoms with Crippen molar-refractivity contribution in [2.75, 3.05) is 46.6 Å². The van der Waals surface area contributed by atoms with Gasteiger partial charge in [-0.1, -0.05) is 6.92 Å². The molecule has 0 aromatic carbocycles. The van der Waals surface area contributed by atoms with Gasteiger partial charge in [0, 0.05) is 26.9 Å². The zero-order chi connectivity index (χ0) is 11.4. The van der Waals surface area contributed by atoms with Crippen molar-refractivity contribution in [3.63, 3.8) is 0 Å². The second kappa shape index (κ2) is 11.9. The van der Waals surface area contributed by atoms with Crippen LogP contribution in [0.3, 0.4) is 0 Å². The normalized spacial score (nSPS) is 13.0. The molecule has 1 atom stereocenters. The molecule has 0 aliphatic carbocycles. The number of rotatable bonds is 11. The summed E-state index contributed by atoms with van der Waals surface area (Å²) >= 11 is 0. The van der Waals surface area contributed by atoms with E-state index in [0.29, 0.717) is 13.2 Å². The van der Waals surface area contributed by atoms with Gasteiger partial charge in [0.1, 0.15) is 0 Å². The molecule has 0 bridgehead atoms. The largest absolute Gasteiger partial charge is 0.382 e. The van der Waals surface area contributed by atoms with E-state index < -0.39 is 0 Å². The van der Waals surface area contributed by atoms with Crippen LogP contribution in [0.2, 0.25) is 0 Å². The zero-order valence-corrected chi connectivity index (χ0v) is 10.3. The van der Waals surface area contributed by atoms with Gasteiger partial charge in [-0.15, -0.1) is 0 Å². The van der Waals surface area contributed by atoms with Crippen LogP contribution < -0.4 is 5.32 Å². The molecule has 0 saturated heterocycles. The summed E-state index contributed by atoms with van der Waals surface area (Å²) in [7, 11) is 1.68. The van der Waals surface area contributed by atoms with Crippen LogP contribution in [-0.4, -0.2) is 52.7 Å². The van der Waals surface area contributed by atoms with Crippen LogP contribution in [0.5, 0.6) is 0 Å². The van der Waals surface area contributed by atoms with Gasteiger partial charge in [-0.25, -0.2) is 0 Å². The molecule has 0 aromatic heterocycles. The van der Waals surface area contributed by atoms with Crippen molar-refractivity contribution in [1.29, 1.82) is 0 Å². The fourth-order valence-corrected chi connectivity index (χ4v) is 1.10. The molecule has 0 heterocycles. The number of methoxy groups -OCH3 is 1. The standard InChI is InChI=1S/C11H25NO3/c1-4-12-10-11(2)15-7-5-6-14-9-8-13-3/h11-12H,4-10H2,1-3H3. The Labute approximate surface area is 93.3 Å². The summed E-state index contributed by atoms with van der Waals surface area (Å²) in [5, 5.41) is 3.24. The molecule has 1 unspecified atom stereocenters. The van der Waals surface area contributed by atoms with E-state index in [0.717, 1.165) is 32.7 Å². The van der Waals surface area contributed by atoms with Crippen LogP contribution in [-0.2, 0) is 14.2 Å². The molecule has 0 fully saturated rings. The quantitative estimate of drug-likeness (QED) is 0.527. The van der Waals surface area contributed by atoms with Crippen molar-refractivity contribution < 1.29 is 14.2 Å². The van der Waals surface area contributed by atoms with Gasteiger partial charge in [0.05, 0.1) is 19.3 Å². The molecular weight excluding hydrogens is 194 g/mol. The summed E-state index contributed by atoms with van der Waals surface area (Å²) in [6.07, 6.45) is 1.23. The molecule has 4 heteroatoms.